The Morgan fingerprint density at radius 3 is 2.70 bits per heavy atom. The summed E-state index contributed by atoms with van der Waals surface area (Å²) in [7, 11) is 0. The summed E-state index contributed by atoms with van der Waals surface area (Å²) >= 11 is 0. The van der Waals surface area contributed by atoms with Gasteiger partial charge in [-0.2, -0.15) is 0 Å². The number of carbonyl (C=O) groups excluding carboxylic acids is 2. The summed E-state index contributed by atoms with van der Waals surface area (Å²) in [5, 5.41) is 2.99. The highest BCUT2D eigenvalue weighted by Gasteiger charge is 2.32. The molecule has 0 saturated heterocycles. The van der Waals surface area contributed by atoms with E-state index in [1.54, 1.807) is 11.8 Å². The van der Waals surface area contributed by atoms with E-state index in [2.05, 4.69) is 19.2 Å². The maximum atomic E-state index is 12.5. The molecule has 0 spiro atoms. The third-order valence-corrected chi connectivity index (χ3v) is 5.50. The van der Waals surface area contributed by atoms with Gasteiger partial charge in [0.15, 0.2) is 6.10 Å². The minimum absolute atomic E-state index is 0.0135. The van der Waals surface area contributed by atoms with Gasteiger partial charge in [-0.25, -0.2) is 0 Å². The molecule has 5 nitrogen and oxygen atoms in total. The molecular weight excluding hydrogens is 340 g/mol. The molecule has 1 aromatic carbocycles. The van der Waals surface area contributed by atoms with Crippen LogP contribution in [0.15, 0.2) is 18.2 Å². The molecule has 1 aliphatic carbocycles. The minimum Gasteiger partial charge on any atom is -0.479 e. The first-order valence-electron chi connectivity index (χ1n) is 10.4. The Balaban J connectivity index is 1.63. The number of fused-ring (bicyclic) bond motifs is 1. The monoisotopic (exact) mass is 372 g/mol. The lowest BCUT2D eigenvalue weighted by Gasteiger charge is -2.34. The number of benzene rings is 1. The zero-order valence-corrected chi connectivity index (χ0v) is 16.8. The summed E-state index contributed by atoms with van der Waals surface area (Å²) in [5.41, 5.74) is 1.51. The van der Waals surface area contributed by atoms with Crippen molar-refractivity contribution in [2.24, 2.45) is 11.8 Å². The van der Waals surface area contributed by atoms with E-state index in [1.807, 2.05) is 18.2 Å². The highest BCUT2D eigenvalue weighted by molar-refractivity contribution is 6.00. The Labute approximate surface area is 162 Å². The fourth-order valence-electron chi connectivity index (χ4n) is 4.08. The van der Waals surface area contributed by atoms with Gasteiger partial charge in [0.25, 0.3) is 5.91 Å². The third kappa shape index (κ3) is 5.02. The predicted molar refractivity (Wildman–Crippen MR) is 108 cm³/mol. The van der Waals surface area contributed by atoms with Crippen molar-refractivity contribution >= 4 is 23.2 Å². The van der Waals surface area contributed by atoms with Crippen molar-refractivity contribution in [1.82, 2.24) is 0 Å². The average Bonchev–Trinajstić information content (AvgIpc) is 2.64. The molecule has 1 fully saturated rings. The molecule has 2 amide bonds. The SMILES string of the molecule is CC(C)CN1C(=O)C(C)Oc2cc(NC(=O)CCC3CCCCC3)ccc21. The van der Waals surface area contributed by atoms with Gasteiger partial charge in [-0.15, -0.1) is 0 Å². The topological polar surface area (TPSA) is 58.6 Å². The van der Waals surface area contributed by atoms with Gasteiger partial charge in [-0.05, 0) is 37.3 Å². The molecule has 1 aliphatic heterocycles. The van der Waals surface area contributed by atoms with Crippen molar-refractivity contribution in [3.63, 3.8) is 0 Å². The summed E-state index contributed by atoms with van der Waals surface area (Å²) in [6.45, 7) is 6.61. The molecule has 1 saturated carbocycles. The predicted octanol–water partition coefficient (Wildman–Crippen LogP) is 4.76. The smallest absolute Gasteiger partial charge is 0.267 e. The van der Waals surface area contributed by atoms with E-state index >= 15 is 0 Å². The maximum Gasteiger partial charge on any atom is 0.267 e. The van der Waals surface area contributed by atoms with E-state index in [0.29, 0.717) is 30.6 Å². The largest absolute Gasteiger partial charge is 0.479 e. The number of anilines is 2. The summed E-state index contributed by atoms with van der Waals surface area (Å²) in [4.78, 5) is 26.6. The second kappa shape index (κ2) is 8.77. The van der Waals surface area contributed by atoms with Crippen LogP contribution in [0.2, 0.25) is 0 Å². The van der Waals surface area contributed by atoms with E-state index < -0.39 is 6.10 Å². The van der Waals surface area contributed by atoms with Gasteiger partial charge in [-0.1, -0.05) is 46.0 Å². The fourth-order valence-corrected chi connectivity index (χ4v) is 4.08. The number of nitrogens with zero attached hydrogens (tertiary/aromatic N) is 1. The molecule has 3 rings (SSSR count). The average molecular weight is 373 g/mol. The normalized spacial score (nSPS) is 20.4. The van der Waals surface area contributed by atoms with Crippen LogP contribution in [-0.2, 0) is 9.59 Å². The molecule has 0 radical (unpaired) electrons. The number of rotatable bonds is 6. The van der Waals surface area contributed by atoms with Crippen molar-refractivity contribution in [1.29, 1.82) is 0 Å². The highest BCUT2D eigenvalue weighted by Crippen LogP contribution is 2.37. The van der Waals surface area contributed by atoms with Crippen LogP contribution in [0.3, 0.4) is 0 Å². The van der Waals surface area contributed by atoms with Crippen LogP contribution in [0, 0.1) is 11.8 Å². The van der Waals surface area contributed by atoms with Crippen LogP contribution in [0.25, 0.3) is 0 Å². The molecule has 148 valence electrons. The Hall–Kier alpha value is -2.04. The molecule has 5 heteroatoms. The van der Waals surface area contributed by atoms with Gasteiger partial charge in [-0.3, -0.25) is 9.59 Å². The number of nitrogens with one attached hydrogen (secondary N) is 1. The Morgan fingerprint density at radius 1 is 1.26 bits per heavy atom. The number of amides is 2. The van der Waals surface area contributed by atoms with Gasteiger partial charge in [0.2, 0.25) is 5.91 Å². The zero-order valence-electron chi connectivity index (χ0n) is 16.8. The van der Waals surface area contributed by atoms with Gasteiger partial charge in [0, 0.05) is 24.7 Å². The van der Waals surface area contributed by atoms with Crippen LogP contribution < -0.4 is 15.0 Å². The minimum atomic E-state index is -0.506. The van der Waals surface area contributed by atoms with E-state index in [9.17, 15) is 9.59 Å². The lowest BCUT2D eigenvalue weighted by Crippen LogP contribution is -2.46. The Morgan fingerprint density at radius 2 is 2.00 bits per heavy atom. The molecule has 0 bridgehead atoms. The van der Waals surface area contributed by atoms with Crippen molar-refractivity contribution in [3.05, 3.63) is 18.2 Å². The molecule has 27 heavy (non-hydrogen) atoms. The second-order valence-electron chi connectivity index (χ2n) is 8.38. The molecule has 2 aliphatic rings. The maximum absolute atomic E-state index is 12.5. The lowest BCUT2D eigenvalue weighted by molar-refractivity contribution is -0.125. The van der Waals surface area contributed by atoms with Crippen LogP contribution in [0.4, 0.5) is 11.4 Å². The zero-order chi connectivity index (χ0) is 19.4. The van der Waals surface area contributed by atoms with Gasteiger partial charge < -0.3 is 15.0 Å². The first-order chi connectivity index (χ1) is 12.9. The van der Waals surface area contributed by atoms with E-state index in [0.717, 1.165) is 17.8 Å². The van der Waals surface area contributed by atoms with Crippen molar-refractivity contribution < 1.29 is 14.3 Å². The van der Waals surface area contributed by atoms with Crippen LogP contribution in [-0.4, -0.2) is 24.5 Å². The first kappa shape index (κ1) is 19.7. The summed E-state index contributed by atoms with van der Waals surface area (Å²) in [5.74, 6) is 1.77. The number of carbonyl (C=O) groups is 2. The Kier molecular flexibility index (Phi) is 6.40. The molecule has 1 unspecified atom stereocenters. The van der Waals surface area contributed by atoms with Crippen molar-refractivity contribution in [2.45, 2.75) is 71.8 Å². The van der Waals surface area contributed by atoms with Crippen LogP contribution >= 0.6 is 0 Å². The fraction of sp³-hybridized carbons (Fsp3) is 0.636. The lowest BCUT2D eigenvalue weighted by atomic mass is 9.86. The van der Waals surface area contributed by atoms with E-state index in [4.69, 9.17) is 4.74 Å². The van der Waals surface area contributed by atoms with E-state index in [1.165, 1.54) is 32.1 Å². The second-order valence-corrected chi connectivity index (χ2v) is 8.38. The van der Waals surface area contributed by atoms with Gasteiger partial charge in [0.05, 0.1) is 5.69 Å². The number of ether oxygens (including phenoxy) is 1. The standard InChI is InChI=1S/C22H32N2O3/c1-15(2)14-24-19-11-10-18(13-20(19)27-16(3)22(24)26)23-21(25)12-9-17-7-5-4-6-8-17/h10-11,13,15-17H,4-9,12,14H2,1-3H3,(H,23,25). The molecule has 1 N–H and O–H groups in total. The molecule has 1 atom stereocenters. The summed E-state index contributed by atoms with van der Waals surface area (Å²) in [6, 6.07) is 5.57. The highest BCUT2D eigenvalue weighted by atomic mass is 16.5. The van der Waals surface area contributed by atoms with Crippen LogP contribution in [0.1, 0.15) is 65.7 Å². The van der Waals surface area contributed by atoms with Gasteiger partial charge >= 0.3 is 0 Å². The number of hydrogen-bond acceptors (Lipinski definition) is 3. The van der Waals surface area contributed by atoms with E-state index in [-0.39, 0.29) is 11.8 Å². The van der Waals surface area contributed by atoms with Crippen molar-refractivity contribution in [3.8, 4) is 5.75 Å². The third-order valence-electron chi connectivity index (χ3n) is 5.50. The van der Waals surface area contributed by atoms with Gasteiger partial charge in [0.1, 0.15) is 5.75 Å². The first-order valence-corrected chi connectivity index (χ1v) is 10.4. The molecule has 0 aromatic heterocycles. The Bertz CT molecular complexity index is 680. The van der Waals surface area contributed by atoms with Crippen molar-refractivity contribution in [2.75, 3.05) is 16.8 Å². The van der Waals surface area contributed by atoms with Crippen LogP contribution in [0.5, 0.6) is 5.75 Å². The quantitative estimate of drug-likeness (QED) is 0.783. The summed E-state index contributed by atoms with van der Waals surface area (Å²) < 4.78 is 5.79. The molecular formula is C22H32N2O3. The molecule has 1 heterocycles. The number of hydrogen-bond donors (Lipinski definition) is 1. The summed E-state index contributed by atoms with van der Waals surface area (Å²) in [6.07, 6.45) is 7.50. The molecule has 1 aromatic rings.